The molecule has 0 aliphatic heterocycles. The summed E-state index contributed by atoms with van der Waals surface area (Å²) in [6.45, 7) is 2.37. The first-order valence-corrected chi connectivity index (χ1v) is 22.7. The lowest BCUT2D eigenvalue weighted by atomic mass is 10.2. The SMILES string of the molecule is C[C@@H](Cn1c(=O)nc(Nc2ccc(Oc3ccccn3)cc2)n(Cc2ccc(Cl)cc2)c1=O)C(=O)O.C[C@@H](Cn1c(=O)nc(Nc2ccc(Oc3ccccn3)cc2)n(Cc2ccc(Cl)cc2)c1=O)C(=O)O.I.I. The molecular formula is C50H46Cl2I2N10O10. The summed E-state index contributed by atoms with van der Waals surface area (Å²) < 4.78 is 15.6. The highest BCUT2D eigenvalue weighted by Crippen LogP contribution is 2.25. The van der Waals surface area contributed by atoms with Crippen LogP contribution in [0.15, 0.2) is 165 Å². The second kappa shape index (κ2) is 27.0. The molecule has 8 aromatic rings. The summed E-state index contributed by atoms with van der Waals surface area (Å²) in [5.74, 6) is -2.16. The Morgan fingerprint density at radius 2 is 0.878 bits per heavy atom. The fourth-order valence-electron chi connectivity index (χ4n) is 6.62. The first kappa shape index (κ1) is 57.5. The van der Waals surface area contributed by atoms with Crippen LogP contribution in [-0.4, -0.2) is 60.4 Å². The van der Waals surface area contributed by atoms with Crippen molar-refractivity contribution in [1.29, 1.82) is 0 Å². The molecular weight excluding hydrogens is 1230 g/mol. The van der Waals surface area contributed by atoms with Crippen molar-refractivity contribution in [1.82, 2.24) is 38.2 Å². The maximum atomic E-state index is 13.3. The van der Waals surface area contributed by atoms with Crippen molar-refractivity contribution in [3.05, 3.63) is 209 Å². The van der Waals surface area contributed by atoms with Gasteiger partial charge in [-0.15, -0.1) is 48.0 Å². The van der Waals surface area contributed by atoms with E-state index in [0.29, 0.717) is 44.7 Å². The number of aromatic nitrogens is 8. The number of rotatable bonds is 18. The zero-order chi connectivity index (χ0) is 51.3. The van der Waals surface area contributed by atoms with Crippen LogP contribution in [0.5, 0.6) is 23.3 Å². The predicted octanol–water partition coefficient (Wildman–Crippen LogP) is 8.75. The third kappa shape index (κ3) is 15.8. The van der Waals surface area contributed by atoms with E-state index >= 15 is 0 Å². The van der Waals surface area contributed by atoms with Gasteiger partial charge in [-0.1, -0.05) is 73.4 Å². The molecule has 74 heavy (non-hydrogen) atoms. The van der Waals surface area contributed by atoms with Gasteiger partial charge in [0.25, 0.3) is 0 Å². The number of carboxylic acids is 2. The highest BCUT2D eigenvalue weighted by Gasteiger charge is 2.21. The second-order valence-corrected chi connectivity index (χ2v) is 16.8. The Morgan fingerprint density at radius 1 is 0.527 bits per heavy atom. The van der Waals surface area contributed by atoms with Crippen LogP contribution in [0.1, 0.15) is 25.0 Å². The van der Waals surface area contributed by atoms with Crippen LogP contribution in [-0.2, 0) is 35.8 Å². The van der Waals surface area contributed by atoms with E-state index in [0.717, 1.165) is 20.3 Å². The minimum absolute atomic E-state index is 0. The lowest BCUT2D eigenvalue weighted by molar-refractivity contribution is -0.142. The Kier molecular flexibility index (Phi) is 21.0. The molecule has 4 heterocycles. The molecule has 0 saturated carbocycles. The van der Waals surface area contributed by atoms with Crippen LogP contribution in [0.2, 0.25) is 10.0 Å². The Labute approximate surface area is 465 Å². The predicted molar refractivity (Wildman–Crippen MR) is 299 cm³/mol. The van der Waals surface area contributed by atoms with Crippen LogP contribution < -0.4 is 42.9 Å². The van der Waals surface area contributed by atoms with Gasteiger partial charge in [0.05, 0.1) is 24.9 Å². The number of aliphatic carboxylic acids is 2. The number of hydrogen-bond acceptors (Lipinski definition) is 14. The molecule has 0 spiro atoms. The zero-order valence-corrected chi connectivity index (χ0v) is 45.3. The van der Waals surface area contributed by atoms with Crippen molar-refractivity contribution in [2.75, 3.05) is 10.6 Å². The quantitative estimate of drug-likeness (QED) is 0.0586. The molecule has 2 atom stereocenters. The van der Waals surface area contributed by atoms with Crippen LogP contribution in [0.4, 0.5) is 23.3 Å². The topological polar surface area (TPSA) is 257 Å². The first-order valence-electron chi connectivity index (χ1n) is 21.9. The molecule has 20 nitrogen and oxygen atoms in total. The van der Waals surface area contributed by atoms with Gasteiger partial charge in [-0.2, -0.15) is 9.97 Å². The van der Waals surface area contributed by atoms with E-state index in [1.807, 2.05) is 12.1 Å². The number of anilines is 4. The highest BCUT2D eigenvalue weighted by atomic mass is 127. The number of nitrogens with one attached hydrogen (secondary N) is 2. The molecule has 0 aliphatic rings. The Bertz CT molecular complexity index is 3180. The van der Waals surface area contributed by atoms with Crippen LogP contribution >= 0.6 is 71.2 Å². The van der Waals surface area contributed by atoms with E-state index in [1.165, 1.54) is 23.0 Å². The van der Waals surface area contributed by atoms with E-state index in [4.69, 9.17) is 32.7 Å². The first-order chi connectivity index (χ1) is 34.6. The van der Waals surface area contributed by atoms with Gasteiger partial charge in [0.15, 0.2) is 0 Å². The van der Waals surface area contributed by atoms with Crippen LogP contribution in [0, 0.1) is 11.8 Å². The summed E-state index contributed by atoms with van der Waals surface area (Å²) in [6, 6.07) is 38.0. The molecule has 4 aromatic heterocycles. The molecule has 0 fully saturated rings. The van der Waals surface area contributed by atoms with Gasteiger partial charge in [0.1, 0.15) is 11.5 Å². The second-order valence-electron chi connectivity index (χ2n) is 16.0. The van der Waals surface area contributed by atoms with Crippen molar-refractivity contribution in [3.8, 4) is 23.3 Å². The summed E-state index contributed by atoms with van der Waals surface area (Å²) in [7, 11) is 0. The van der Waals surface area contributed by atoms with Crippen molar-refractivity contribution >= 4 is 106 Å². The van der Waals surface area contributed by atoms with Crippen molar-refractivity contribution in [2.24, 2.45) is 11.8 Å². The highest BCUT2D eigenvalue weighted by molar-refractivity contribution is 14.0. The van der Waals surface area contributed by atoms with Gasteiger partial charge in [-0.25, -0.2) is 38.3 Å². The number of benzene rings is 4. The summed E-state index contributed by atoms with van der Waals surface area (Å²) in [4.78, 5) is 90.8. The molecule has 0 radical (unpaired) electrons. The van der Waals surface area contributed by atoms with E-state index in [1.54, 1.807) is 134 Å². The molecule has 24 heteroatoms. The normalized spacial score (nSPS) is 11.3. The van der Waals surface area contributed by atoms with Gasteiger partial charge >= 0.3 is 34.7 Å². The van der Waals surface area contributed by atoms with Gasteiger partial charge in [0, 0.05) is 59.0 Å². The Hall–Kier alpha value is -7.42. The van der Waals surface area contributed by atoms with Crippen LogP contribution in [0.3, 0.4) is 0 Å². The molecule has 4 N–H and O–H groups in total. The number of hydrogen-bond donors (Lipinski definition) is 4. The van der Waals surface area contributed by atoms with E-state index in [2.05, 4.69) is 30.6 Å². The summed E-state index contributed by atoms with van der Waals surface area (Å²) in [5, 5.41) is 25.6. The van der Waals surface area contributed by atoms with Crippen molar-refractivity contribution in [2.45, 2.75) is 40.0 Å². The van der Waals surface area contributed by atoms with Gasteiger partial charge < -0.3 is 30.3 Å². The number of carboxylic acid groups (broad SMARTS) is 2. The standard InChI is InChI=1S/2C25H22ClN5O5.2HI/c2*1-16(22(32)33)14-31-24(34)29-23(30(25(31)35)15-17-5-7-18(26)8-6-17)28-19-9-11-20(12-10-19)36-21-4-2-3-13-27-21;;/h2*2-13,16H,14-15H2,1H3,(H,32,33)(H,28,29,34);2*1H/t2*16-;;/m00../s1. The third-order valence-electron chi connectivity index (χ3n) is 10.5. The van der Waals surface area contributed by atoms with Gasteiger partial charge in [-0.3, -0.25) is 18.7 Å². The average Bonchev–Trinajstić information content (AvgIpc) is 3.37. The number of carbonyl (C=O) groups is 2. The monoisotopic (exact) mass is 1270 g/mol. The smallest absolute Gasteiger partial charge is 0.354 e. The zero-order valence-electron chi connectivity index (χ0n) is 39.2. The minimum atomic E-state index is -1.12. The Balaban J connectivity index is 0.000000267. The van der Waals surface area contributed by atoms with E-state index in [-0.39, 0.29) is 86.0 Å². The minimum Gasteiger partial charge on any atom is -0.481 e. The summed E-state index contributed by atoms with van der Waals surface area (Å²) >= 11 is 11.9. The van der Waals surface area contributed by atoms with E-state index < -0.39 is 46.5 Å². The van der Waals surface area contributed by atoms with Crippen molar-refractivity contribution < 1.29 is 29.3 Å². The average molecular weight is 1270 g/mol. The molecule has 4 aromatic carbocycles. The fourth-order valence-corrected chi connectivity index (χ4v) is 6.88. The third-order valence-corrected chi connectivity index (χ3v) is 11.0. The number of pyridine rings is 2. The number of halogens is 4. The molecule has 8 rings (SSSR count). The largest absolute Gasteiger partial charge is 0.481 e. The molecule has 384 valence electrons. The van der Waals surface area contributed by atoms with Crippen LogP contribution in [0.25, 0.3) is 0 Å². The molecule has 0 saturated heterocycles. The lowest BCUT2D eigenvalue weighted by Crippen LogP contribution is -2.44. The summed E-state index contributed by atoms with van der Waals surface area (Å²) in [6.07, 6.45) is 3.24. The molecule has 0 aliphatic carbocycles. The molecule has 0 amide bonds. The molecule has 0 unspecified atom stereocenters. The number of nitrogens with zero attached hydrogens (tertiary/aromatic N) is 8. The summed E-state index contributed by atoms with van der Waals surface area (Å²) in [5.41, 5.74) is -0.487. The maximum Gasteiger partial charge on any atom is 0.354 e. The molecule has 0 bridgehead atoms. The van der Waals surface area contributed by atoms with Gasteiger partial charge in [-0.05, 0) is 96.1 Å². The maximum absolute atomic E-state index is 13.3. The van der Waals surface area contributed by atoms with E-state index in [9.17, 15) is 39.0 Å². The Morgan fingerprint density at radius 3 is 1.19 bits per heavy atom. The lowest BCUT2D eigenvalue weighted by Gasteiger charge is -2.17. The number of ether oxygens (including phenoxy) is 2. The fraction of sp³-hybridized carbons (Fsp3) is 0.160. The van der Waals surface area contributed by atoms with Crippen molar-refractivity contribution in [3.63, 3.8) is 0 Å². The van der Waals surface area contributed by atoms with Gasteiger partial charge in [0.2, 0.25) is 23.7 Å².